The molecule has 5 nitrogen and oxygen atoms in total. The van der Waals surface area contributed by atoms with Crippen molar-refractivity contribution >= 4 is 23.3 Å². The fourth-order valence-corrected chi connectivity index (χ4v) is 2.34. The lowest BCUT2D eigenvalue weighted by molar-refractivity contribution is 0.202. The number of anilines is 1. The number of hydrogen-bond acceptors (Lipinski definition) is 3. The van der Waals surface area contributed by atoms with Crippen LogP contribution >= 0.6 is 11.6 Å². The molecule has 0 saturated heterocycles. The summed E-state index contributed by atoms with van der Waals surface area (Å²) >= 11 is 6.13. The molecular formula is C18H23ClN4O. The van der Waals surface area contributed by atoms with Crippen LogP contribution in [0.25, 0.3) is 0 Å². The van der Waals surface area contributed by atoms with Crippen LogP contribution < -0.4 is 5.32 Å². The van der Waals surface area contributed by atoms with Gasteiger partial charge in [-0.2, -0.15) is 0 Å². The fourth-order valence-electron chi connectivity index (χ4n) is 2.16. The van der Waals surface area contributed by atoms with Gasteiger partial charge in [-0.15, -0.1) is 0 Å². The van der Waals surface area contributed by atoms with Crippen molar-refractivity contribution in [2.45, 2.75) is 13.5 Å². The predicted molar refractivity (Wildman–Crippen MR) is 98.4 cm³/mol. The second-order valence-corrected chi connectivity index (χ2v) is 6.39. The smallest absolute Gasteiger partial charge is 0.319 e. The van der Waals surface area contributed by atoms with Crippen LogP contribution in [-0.4, -0.2) is 48.0 Å². The molecule has 1 N–H and O–H groups in total. The Bertz CT molecular complexity index is 676. The minimum absolute atomic E-state index is 0.152. The number of rotatable bonds is 6. The van der Waals surface area contributed by atoms with Gasteiger partial charge < -0.3 is 15.1 Å². The average molecular weight is 347 g/mol. The van der Waals surface area contributed by atoms with E-state index in [4.69, 9.17) is 11.6 Å². The zero-order chi connectivity index (χ0) is 17.5. The van der Waals surface area contributed by atoms with E-state index in [-0.39, 0.29) is 6.03 Å². The SMILES string of the molecule is Cc1ccc(NC(=O)N(CCN(C)C)Cc2cccnc2)cc1Cl. The van der Waals surface area contributed by atoms with Gasteiger partial charge in [0, 0.05) is 42.7 Å². The Morgan fingerprint density at radius 2 is 2.04 bits per heavy atom. The van der Waals surface area contributed by atoms with Gasteiger partial charge in [0.2, 0.25) is 0 Å². The van der Waals surface area contributed by atoms with E-state index in [0.29, 0.717) is 23.8 Å². The van der Waals surface area contributed by atoms with Gasteiger partial charge in [-0.1, -0.05) is 23.7 Å². The first kappa shape index (κ1) is 18.2. The molecule has 0 aliphatic heterocycles. The number of carbonyl (C=O) groups is 1. The molecule has 0 radical (unpaired) electrons. The molecule has 0 spiro atoms. The number of nitrogens with zero attached hydrogens (tertiary/aromatic N) is 3. The number of amides is 2. The number of benzene rings is 1. The van der Waals surface area contributed by atoms with E-state index in [2.05, 4.69) is 10.3 Å². The molecule has 0 aliphatic carbocycles. The van der Waals surface area contributed by atoms with Gasteiger partial charge in [-0.05, 0) is 50.3 Å². The normalized spacial score (nSPS) is 10.7. The molecule has 128 valence electrons. The quantitative estimate of drug-likeness (QED) is 0.868. The summed E-state index contributed by atoms with van der Waals surface area (Å²) in [6, 6.07) is 9.20. The third kappa shape index (κ3) is 5.51. The molecule has 2 amide bonds. The number of pyridine rings is 1. The Morgan fingerprint density at radius 1 is 1.25 bits per heavy atom. The Balaban J connectivity index is 2.09. The Kier molecular flexibility index (Phi) is 6.58. The highest BCUT2D eigenvalue weighted by Gasteiger charge is 2.15. The van der Waals surface area contributed by atoms with Crippen molar-refractivity contribution in [3.63, 3.8) is 0 Å². The number of nitrogens with one attached hydrogen (secondary N) is 1. The maximum Gasteiger partial charge on any atom is 0.322 e. The summed E-state index contributed by atoms with van der Waals surface area (Å²) in [6.07, 6.45) is 3.50. The number of halogens is 1. The van der Waals surface area contributed by atoms with Gasteiger partial charge in [0.25, 0.3) is 0 Å². The summed E-state index contributed by atoms with van der Waals surface area (Å²) in [7, 11) is 3.97. The van der Waals surface area contributed by atoms with Gasteiger partial charge in [0.05, 0.1) is 0 Å². The third-order valence-corrected chi connectivity index (χ3v) is 4.03. The maximum absolute atomic E-state index is 12.7. The largest absolute Gasteiger partial charge is 0.322 e. The molecule has 0 atom stereocenters. The van der Waals surface area contributed by atoms with Gasteiger partial charge >= 0.3 is 6.03 Å². The molecule has 0 bridgehead atoms. The first-order valence-electron chi connectivity index (χ1n) is 7.81. The van der Waals surface area contributed by atoms with Crippen LogP contribution in [0.2, 0.25) is 5.02 Å². The molecule has 0 saturated carbocycles. The minimum Gasteiger partial charge on any atom is -0.319 e. The van der Waals surface area contributed by atoms with E-state index < -0.39 is 0 Å². The van der Waals surface area contributed by atoms with Crippen molar-refractivity contribution in [1.82, 2.24) is 14.8 Å². The summed E-state index contributed by atoms with van der Waals surface area (Å²) in [6.45, 7) is 3.84. The topological polar surface area (TPSA) is 48.5 Å². The first-order chi connectivity index (χ1) is 11.5. The monoisotopic (exact) mass is 346 g/mol. The zero-order valence-electron chi connectivity index (χ0n) is 14.3. The van der Waals surface area contributed by atoms with E-state index in [0.717, 1.165) is 17.7 Å². The second-order valence-electron chi connectivity index (χ2n) is 5.98. The average Bonchev–Trinajstić information content (AvgIpc) is 2.55. The van der Waals surface area contributed by atoms with Gasteiger partial charge in [0.15, 0.2) is 0 Å². The number of aryl methyl sites for hydroxylation is 1. The Labute approximate surface area is 148 Å². The summed E-state index contributed by atoms with van der Waals surface area (Å²) in [5.74, 6) is 0. The lowest BCUT2D eigenvalue weighted by atomic mass is 10.2. The molecule has 1 aromatic carbocycles. The van der Waals surface area contributed by atoms with E-state index >= 15 is 0 Å². The fraction of sp³-hybridized carbons (Fsp3) is 0.333. The molecule has 6 heteroatoms. The van der Waals surface area contributed by atoms with Crippen LogP contribution in [0.1, 0.15) is 11.1 Å². The lowest BCUT2D eigenvalue weighted by Gasteiger charge is -2.25. The van der Waals surface area contributed by atoms with Crippen molar-refractivity contribution in [2.75, 3.05) is 32.5 Å². The van der Waals surface area contributed by atoms with Crippen LogP contribution in [0.4, 0.5) is 10.5 Å². The van der Waals surface area contributed by atoms with Crippen molar-refractivity contribution in [3.8, 4) is 0 Å². The third-order valence-electron chi connectivity index (χ3n) is 3.62. The number of aromatic nitrogens is 1. The molecule has 24 heavy (non-hydrogen) atoms. The van der Waals surface area contributed by atoms with Crippen molar-refractivity contribution in [2.24, 2.45) is 0 Å². The molecule has 2 rings (SSSR count). The van der Waals surface area contributed by atoms with E-state index in [1.807, 2.05) is 50.2 Å². The van der Waals surface area contributed by atoms with Gasteiger partial charge in [-0.25, -0.2) is 4.79 Å². The van der Waals surface area contributed by atoms with E-state index in [1.54, 1.807) is 23.4 Å². The molecular weight excluding hydrogens is 324 g/mol. The summed E-state index contributed by atoms with van der Waals surface area (Å²) in [4.78, 5) is 20.6. The van der Waals surface area contributed by atoms with Gasteiger partial charge in [0.1, 0.15) is 0 Å². The molecule has 0 aliphatic rings. The first-order valence-corrected chi connectivity index (χ1v) is 8.19. The molecule has 0 fully saturated rings. The second kappa shape index (κ2) is 8.66. The summed E-state index contributed by atoms with van der Waals surface area (Å²) in [5, 5.41) is 3.56. The van der Waals surface area contributed by atoms with E-state index in [9.17, 15) is 4.79 Å². The highest BCUT2D eigenvalue weighted by Crippen LogP contribution is 2.20. The molecule has 0 unspecified atom stereocenters. The number of urea groups is 1. The van der Waals surface area contributed by atoms with Crippen molar-refractivity contribution in [1.29, 1.82) is 0 Å². The van der Waals surface area contributed by atoms with Crippen LogP contribution in [-0.2, 0) is 6.54 Å². The zero-order valence-corrected chi connectivity index (χ0v) is 15.0. The predicted octanol–water partition coefficient (Wildman–Crippen LogP) is 3.64. The summed E-state index contributed by atoms with van der Waals surface area (Å²) < 4.78 is 0. The van der Waals surface area contributed by atoms with E-state index in [1.165, 1.54) is 0 Å². The number of hydrogen-bond donors (Lipinski definition) is 1. The summed E-state index contributed by atoms with van der Waals surface area (Å²) in [5.41, 5.74) is 2.67. The minimum atomic E-state index is -0.152. The van der Waals surface area contributed by atoms with Crippen LogP contribution in [0, 0.1) is 6.92 Å². The molecule has 1 aromatic heterocycles. The van der Waals surface area contributed by atoms with Crippen molar-refractivity contribution in [3.05, 3.63) is 58.9 Å². The Hall–Kier alpha value is -2.11. The number of likely N-dealkylation sites (N-methyl/N-ethyl adjacent to an activating group) is 1. The molecule has 1 heterocycles. The van der Waals surface area contributed by atoms with Crippen molar-refractivity contribution < 1.29 is 4.79 Å². The maximum atomic E-state index is 12.7. The van der Waals surface area contributed by atoms with Gasteiger partial charge in [-0.3, -0.25) is 4.98 Å². The van der Waals surface area contributed by atoms with Crippen LogP contribution in [0.15, 0.2) is 42.7 Å². The van der Waals surface area contributed by atoms with Crippen LogP contribution in [0.5, 0.6) is 0 Å². The number of carbonyl (C=O) groups excluding carboxylic acids is 1. The Morgan fingerprint density at radius 3 is 2.67 bits per heavy atom. The highest BCUT2D eigenvalue weighted by molar-refractivity contribution is 6.31. The standard InChI is InChI=1S/C18H23ClN4O/c1-14-6-7-16(11-17(14)19)21-18(24)23(10-9-22(2)3)13-15-5-4-8-20-12-15/h4-8,11-12H,9-10,13H2,1-3H3,(H,21,24). The molecule has 2 aromatic rings. The van der Waals surface area contributed by atoms with Crippen LogP contribution in [0.3, 0.4) is 0 Å². The lowest BCUT2D eigenvalue weighted by Crippen LogP contribution is -2.39. The highest BCUT2D eigenvalue weighted by atomic mass is 35.5.